The number of anilines is 1. The minimum atomic E-state index is 0.359. The van der Waals surface area contributed by atoms with Crippen LogP contribution in [0.1, 0.15) is 45.7 Å². The molecule has 0 bridgehead atoms. The van der Waals surface area contributed by atoms with Gasteiger partial charge in [0.25, 0.3) is 0 Å². The summed E-state index contributed by atoms with van der Waals surface area (Å²) < 4.78 is 0. The molecular formula is C18H31N3. The highest BCUT2D eigenvalue weighted by molar-refractivity contribution is 5.49. The average Bonchev–Trinajstić information content (AvgIpc) is 2.93. The van der Waals surface area contributed by atoms with Crippen LogP contribution in [0, 0.1) is 5.41 Å². The van der Waals surface area contributed by atoms with Crippen LogP contribution in [0.2, 0.25) is 0 Å². The van der Waals surface area contributed by atoms with Gasteiger partial charge in [-0.05, 0) is 43.5 Å². The van der Waals surface area contributed by atoms with Crippen LogP contribution < -0.4 is 15.5 Å². The molecule has 2 N–H and O–H groups in total. The van der Waals surface area contributed by atoms with Crippen molar-refractivity contribution in [2.45, 2.75) is 46.2 Å². The normalized spacial score (nSPS) is 20.8. The summed E-state index contributed by atoms with van der Waals surface area (Å²) in [6.45, 7) is 12.4. The van der Waals surface area contributed by atoms with Gasteiger partial charge in [0.2, 0.25) is 0 Å². The quantitative estimate of drug-likeness (QED) is 0.872. The van der Waals surface area contributed by atoms with Crippen LogP contribution in [0.15, 0.2) is 24.3 Å². The maximum Gasteiger partial charge on any atom is 0.0366 e. The fraction of sp³-hybridized carbons (Fsp3) is 0.667. The van der Waals surface area contributed by atoms with E-state index in [0.717, 1.165) is 19.6 Å². The van der Waals surface area contributed by atoms with E-state index in [1.165, 1.54) is 17.7 Å². The van der Waals surface area contributed by atoms with Gasteiger partial charge in [-0.2, -0.15) is 0 Å². The van der Waals surface area contributed by atoms with E-state index in [1.54, 1.807) is 0 Å². The molecule has 0 amide bonds. The van der Waals surface area contributed by atoms with Gasteiger partial charge in [0, 0.05) is 37.4 Å². The van der Waals surface area contributed by atoms with E-state index in [0.29, 0.717) is 17.5 Å². The lowest BCUT2D eigenvalue weighted by Gasteiger charge is -2.23. The summed E-state index contributed by atoms with van der Waals surface area (Å²) in [6, 6.07) is 10.0. The lowest BCUT2D eigenvalue weighted by Crippen LogP contribution is -2.37. The SMILES string of the molecule is CNC(C)c1ccc(N2CC[C@H](NCC(C)(C)C)C2)cc1. The Kier molecular flexibility index (Phi) is 5.28. The van der Waals surface area contributed by atoms with Crippen molar-refractivity contribution >= 4 is 5.69 Å². The van der Waals surface area contributed by atoms with Crippen molar-refractivity contribution in [1.82, 2.24) is 10.6 Å². The number of hydrogen-bond acceptors (Lipinski definition) is 3. The first-order valence-corrected chi connectivity index (χ1v) is 8.14. The molecule has 2 atom stereocenters. The summed E-state index contributed by atoms with van der Waals surface area (Å²) in [5, 5.41) is 6.99. The van der Waals surface area contributed by atoms with Crippen molar-refractivity contribution in [3.8, 4) is 0 Å². The van der Waals surface area contributed by atoms with E-state index in [-0.39, 0.29) is 0 Å². The molecule has 1 aliphatic rings. The molecule has 1 unspecified atom stereocenters. The predicted molar refractivity (Wildman–Crippen MR) is 92.0 cm³/mol. The molecule has 0 aliphatic carbocycles. The summed E-state index contributed by atoms with van der Waals surface area (Å²) in [7, 11) is 2.00. The Morgan fingerprint density at radius 2 is 1.90 bits per heavy atom. The molecule has 0 saturated carbocycles. The third-order valence-electron chi connectivity index (χ3n) is 4.30. The van der Waals surface area contributed by atoms with Gasteiger partial charge in [-0.25, -0.2) is 0 Å². The Bertz CT molecular complexity index is 433. The van der Waals surface area contributed by atoms with Crippen LogP contribution in [0.5, 0.6) is 0 Å². The van der Waals surface area contributed by atoms with Gasteiger partial charge in [0.1, 0.15) is 0 Å². The Balaban J connectivity index is 1.89. The van der Waals surface area contributed by atoms with Gasteiger partial charge < -0.3 is 15.5 Å². The van der Waals surface area contributed by atoms with Gasteiger partial charge in [0.05, 0.1) is 0 Å². The van der Waals surface area contributed by atoms with Crippen molar-refractivity contribution in [3.05, 3.63) is 29.8 Å². The van der Waals surface area contributed by atoms with Gasteiger partial charge in [-0.15, -0.1) is 0 Å². The Hall–Kier alpha value is -1.06. The highest BCUT2D eigenvalue weighted by atomic mass is 15.2. The minimum absolute atomic E-state index is 0.359. The molecule has 3 heteroatoms. The highest BCUT2D eigenvalue weighted by Crippen LogP contribution is 2.23. The number of nitrogens with zero attached hydrogens (tertiary/aromatic N) is 1. The lowest BCUT2D eigenvalue weighted by atomic mass is 9.96. The summed E-state index contributed by atoms with van der Waals surface area (Å²) >= 11 is 0. The first-order chi connectivity index (χ1) is 9.89. The standard InChI is InChI=1S/C18H31N3/c1-14(19-5)15-6-8-17(9-7-15)21-11-10-16(12-21)20-13-18(2,3)4/h6-9,14,16,19-20H,10-13H2,1-5H3/t14?,16-/m0/s1. The second-order valence-electron chi connectivity index (χ2n) is 7.48. The molecular weight excluding hydrogens is 258 g/mol. The zero-order valence-electron chi connectivity index (χ0n) is 14.2. The second kappa shape index (κ2) is 6.80. The zero-order valence-corrected chi connectivity index (χ0v) is 14.2. The summed E-state index contributed by atoms with van der Waals surface area (Å²) in [5.74, 6) is 0. The molecule has 21 heavy (non-hydrogen) atoms. The third kappa shape index (κ3) is 4.72. The largest absolute Gasteiger partial charge is 0.370 e. The van der Waals surface area contributed by atoms with Crippen molar-refractivity contribution in [2.24, 2.45) is 5.41 Å². The van der Waals surface area contributed by atoms with Crippen LogP contribution in [-0.2, 0) is 0 Å². The van der Waals surface area contributed by atoms with E-state index in [1.807, 2.05) is 7.05 Å². The maximum absolute atomic E-state index is 3.71. The number of nitrogens with one attached hydrogen (secondary N) is 2. The number of rotatable bonds is 5. The first-order valence-electron chi connectivity index (χ1n) is 8.14. The monoisotopic (exact) mass is 289 g/mol. The summed E-state index contributed by atoms with van der Waals surface area (Å²) in [6.07, 6.45) is 1.24. The molecule has 0 radical (unpaired) electrons. The van der Waals surface area contributed by atoms with E-state index < -0.39 is 0 Å². The van der Waals surface area contributed by atoms with Crippen LogP contribution >= 0.6 is 0 Å². The van der Waals surface area contributed by atoms with Crippen molar-refractivity contribution in [3.63, 3.8) is 0 Å². The van der Waals surface area contributed by atoms with E-state index in [2.05, 4.69) is 67.5 Å². The van der Waals surface area contributed by atoms with Crippen LogP contribution in [0.25, 0.3) is 0 Å². The number of hydrogen-bond donors (Lipinski definition) is 2. The predicted octanol–water partition coefficient (Wildman–Crippen LogP) is 3.18. The molecule has 0 spiro atoms. The van der Waals surface area contributed by atoms with E-state index in [4.69, 9.17) is 0 Å². The number of benzene rings is 1. The Morgan fingerprint density at radius 3 is 2.48 bits per heavy atom. The topological polar surface area (TPSA) is 27.3 Å². The fourth-order valence-electron chi connectivity index (χ4n) is 2.75. The lowest BCUT2D eigenvalue weighted by molar-refractivity contribution is 0.357. The molecule has 1 fully saturated rings. The maximum atomic E-state index is 3.71. The van der Waals surface area contributed by atoms with Gasteiger partial charge in [0.15, 0.2) is 0 Å². The molecule has 1 aromatic rings. The van der Waals surface area contributed by atoms with Crippen molar-refractivity contribution in [1.29, 1.82) is 0 Å². The molecule has 2 rings (SSSR count). The molecule has 1 saturated heterocycles. The zero-order chi connectivity index (χ0) is 15.5. The van der Waals surface area contributed by atoms with Gasteiger partial charge in [-0.3, -0.25) is 0 Å². The van der Waals surface area contributed by atoms with Crippen LogP contribution in [-0.4, -0.2) is 32.7 Å². The summed E-state index contributed by atoms with van der Waals surface area (Å²) in [5.41, 5.74) is 3.06. The molecule has 3 nitrogen and oxygen atoms in total. The minimum Gasteiger partial charge on any atom is -0.370 e. The smallest absolute Gasteiger partial charge is 0.0366 e. The van der Waals surface area contributed by atoms with Crippen LogP contribution in [0.3, 0.4) is 0 Å². The van der Waals surface area contributed by atoms with E-state index >= 15 is 0 Å². The first kappa shape index (κ1) is 16.3. The Labute approximate surface area is 130 Å². The molecule has 118 valence electrons. The average molecular weight is 289 g/mol. The van der Waals surface area contributed by atoms with Crippen molar-refractivity contribution in [2.75, 3.05) is 31.6 Å². The van der Waals surface area contributed by atoms with Crippen LogP contribution in [0.4, 0.5) is 5.69 Å². The van der Waals surface area contributed by atoms with Crippen molar-refractivity contribution < 1.29 is 0 Å². The fourth-order valence-corrected chi connectivity index (χ4v) is 2.75. The summed E-state index contributed by atoms with van der Waals surface area (Å²) in [4.78, 5) is 2.49. The second-order valence-corrected chi connectivity index (χ2v) is 7.48. The molecule has 1 aromatic carbocycles. The highest BCUT2D eigenvalue weighted by Gasteiger charge is 2.23. The molecule has 0 aromatic heterocycles. The van der Waals surface area contributed by atoms with E-state index in [9.17, 15) is 0 Å². The molecule has 1 heterocycles. The van der Waals surface area contributed by atoms with Gasteiger partial charge >= 0.3 is 0 Å². The molecule has 1 aliphatic heterocycles. The third-order valence-corrected chi connectivity index (χ3v) is 4.30. The van der Waals surface area contributed by atoms with Gasteiger partial charge in [-0.1, -0.05) is 32.9 Å². The Morgan fingerprint density at radius 1 is 1.24 bits per heavy atom.